The third-order valence-corrected chi connectivity index (χ3v) is 20.3. The zero-order valence-corrected chi connectivity index (χ0v) is 62.1. The molecule has 18 atom stereocenters. The number of aliphatic hydroxyl groups is 10. The Balaban J connectivity index is 1.74. The van der Waals surface area contributed by atoms with Crippen molar-refractivity contribution < 1.29 is 117 Å². The van der Waals surface area contributed by atoms with Gasteiger partial charge in [0.2, 0.25) is 0 Å². The summed E-state index contributed by atoms with van der Waals surface area (Å²) in [7, 11) is -5.72. The molecule has 586 valence electrons. The van der Waals surface area contributed by atoms with Gasteiger partial charge in [-0.1, -0.05) is 283 Å². The van der Waals surface area contributed by atoms with Gasteiger partial charge in [0.15, 0.2) is 18.7 Å². The molecule has 1 saturated carbocycles. The van der Waals surface area contributed by atoms with Crippen LogP contribution in [-0.4, -0.2) is 204 Å². The minimum atomic E-state index is -5.72. The van der Waals surface area contributed by atoms with Crippen LogP contribution in [0.25, 0.3) is 0 Å². The van der Waals surface area contributed by atoms with Crippen LogP contribution in [0.3, 0.4) is 0 Å². The summed E-state index contributed by atoms with van der Waals surface area (Å²) in [6.45, 7) is 3.36. The molecule has 24 nitrogen and oxygen atoms in total. The highest BCUT2D eigenvalue weighted by molar-refractivity contribution is 7.47. The van der Waals surface area contributed by atoms with Gasteiger partial charge in [-0.3, -0.25) is 18.6 Å². The summed E-state index contributed by atoms with van der Waals surface area (Å²) in [6, 6.07) is 0. The predicted molar refractivity (Wildman–Crippen MR) is 379 cm³/mol. The quantitative estimate of drug-likeness (QED) is 0.00673. The van der Waals surface area contributed by atoms with Crippen LogP contribution in [0.1, 0.15) is 303 Å². The molecule has 3 aliphatic rings. The molecule has 25 heteroatoms. The monoisotopic (exact) mass is 1450 g/mol. The SMILES string of the molecule is CCCCCCCCCCCCC/C=C/C=C/C(=O)OC(COC(=O)CCCCCCCCCCCCCCCCCCC)COP(=O)(O)OC1C(OC2OC(CO)C(O)C(O)C2O)C(O)C(O)C(O)C1OC1OC(COC(=O)CCCCCCCCCCCCCCC)C(O)C(O)C1O. The average Bonchev–Trinajstić information content (AvgIpc) is 0.762. The van der Waals surface area contributed by atoms with E-state index >= 15 is 0 Å². The van der Waals surface area contributed by atoms with Crippen LogP contribution in [0.15, 0.2) is 24.3 Å². The van der Waals surface area contributed by atoms with Crippen molar-refractivity contribution in [3.05, 3.63) is 24.3 Å². The second kappa shape index (κ2) is 56.7. The Kier molecular flexibility index (Phi) is 52.0. The first-order valence-electron chi connectivity index (χ1n) is 39.2. The Morgan fingerprint density at radius 1 is 0.410 bits per heavy atom. The van der Waals surface area contributed by atoms with Crippen LogP contribution in [0.2, 0.25) is 0 Å². The van der Waals surface area contributed by atoms with Crippen LogP contribution in [0, 0.1) is 0 Å². The number of phosphoric ester groups is 1. The van der Waals surface area contributed by atoms with Crippen molar-refractivity contribution in [3.63, 3.8) is 0 Å². The zero-order chi connectivity index (χ0) is 73.2. The van der Waals surface area contributed by atoms with Crippen LogP contribution in [-0.2, 0) is 61.2 Å². The number of carbonyl (C=O) groups is 3. The highest BCUT2D eigenvalue weighted by Gasteiger charge is 2.58. The number of phosphoric acid groups is 1. The smallest absolute Gasteiger partial charge is 0.463 e. The van der Waals surface area contributed by atoms with Gasteiger partial charge >= 0.3 is 25.7 Å². The van der Waals surface area contributed by atoms with Gasteiger partial charge in [0.05, 0.1) is 13.2 Å². The third-order valence-electron chi connectivity index (χ3n) is 19.3. The summed E-state index contributed by atoms with van der Waals surface area (Å²) < 4.78 is 64.9. The molecular formula is C75H137O24P. The molecule has 3 rings (SSSR count). The van der Waals surface area contributed by atoms with Crippen LogP contribution in [0.5, 0.6) is 0 Å². The third kappa shape index (κ3) is 39.2. The van der Waals surface area contributed by atoms with E-state index in [1.165, 1.54) is 173 Å². The fraction of sp³-hybridized carbons (Fsp3) is 0.907. The maximum Gasteiger partial charge on any atom is 0.472 e. The molecule has 100 heavy (non-hydrogen) atoms. The number of esters is 3. The summed E-state index contributed by atoms with van der Waals surface area (Å²) >= 11 is 0. The van der Waals surface area contributed by atoms with Gasteiger partial charge in [-0.05, 0) is 25.7 Å². The van der Waals surface area contributed by atoms with Crippen molar-refractivity contribution in [1.82, 2.24) is 0 Å². The molecule has 0 radical (unpaired) electrons. The lowest BCUT2D eigenvalue weighted by Crippen LogP contribution is -2.69. The largest absolute Gasteiger partial charge is 0.472 e. The molecule has 2 heterocycles. The molecule has 1 aliphatic carbocycles. The van der Waals surface area contributed by atoms with Crippen LogP contribution in [0.4, 0.5) is 0 Å². The van der Waals surface area contributed by atoms with E-state index in [0.717, 1.165) is 96.0 Å². The minimum absolute atomic E-state index is 0.0282. The van der Waals surface area contributed by atoms with Crippen LogP contribution >= 0.6 is 7.82 Å². The van der Waals surface area contributed by atoms with Crippen molar-refractivity contribution in [2.45, 2.75) is 407 Å². The van der Waals surface area contributed by atoms with Gasteiger partial charge in [0, 0.05) is 18.9 Å². The number of aliphatic hydroxyl groups excluding tert-OH is 10. The molecule has 0 amide bonds. The zero-order valence-electron chi connectivity index (χ0n) is 61.2. The normalized spacial score (nSPS) is 27.4. The minimum Gasteiger partial charge on any atom is -0.463 e. The Labute approximate surface area is 598 Å². The average molecular weight is 1450 g/mol. The van der Waals surface area contributed by atoms with Gasteiger partial charge in [0.1, 0.15) is 98.7 Å². The number of carbonyl (C=O) groups excluding carboxylic acids is 3. The first kappa shape index (κ1) is 91.6. The predicted octanol–water partition coefficient (Wildman–Crippen LogP) is 11.3. The number of hydrogen-bond donors (Lipinski definition) is 11. The summed E-state index contributed by atoms with van der Waals surface area (Å²) in [5, 5.41) is 110. The summed E-state index contributed by atoms with van der Waals surface area (Å²) in [6.07, 6.45) is 18.7. The van der Waals surface area contributed by atoms with Gasteiger partial charge in [-0.25, -0.2) is 9.36 Å². The van der Waals surface area contributed by atoms with Gasteiger partial charge in [-0.15, -0.1) is 0 Å². The van der Waals surface area contributed by atoms with Gasteiger partial charge in [-0.2, -0.15) is 0 Å². The van der Waals surface area contributed by atoms with Gasteiger partial charge in [0.25, 0.3) is 0 Å². The Morgan fingerprint density at radius 2 is 0.760 bits per heavy atom. The molecule has 11 N–H and O–H groups in total. The Morgan fingerprint density at radius 3 is 1.16 bits per heavy atom. The van der Waals surface area contributed by atoms with Crippen molar-refractivity contribution in [2.75, 3.05) is 26.4 Å². The fourth-order valence-electron chi connectivity index (χ4n) is 13.0. The van der Waals surface area contributed by atoms with E-state index in [1.807, 2.05) is 6.08 Å². The van der Waals surface area contributed by atoms with E-state index in [0.29, 0.717) is 12.8 Å². The van der Waals surface area contributed by atoms with Crippen molar-refractivity contribution >= 4 is 25.7 Å². The Bertz CT molecular complexity index is 2160. The van der Waals surface area contributed by atoms with E-state index in [1.54, 1.807) is 6.08 Å². The van der Waals surface area contributed by atoms with E-state index in [-0.39, 0.29) is 12.8 Å². The van der Waals surface area contributed by atoms with Gasteiger partial charge < -0.3 is 89.1 Å². The highest BCUT2D eigenvalue weighted by atomic mass is 31.2. The number of ether oxygens (including phenoxy) is 7. The van der Waals surface area contributed by atoms with Crippen molar-refractivity contribution in [1.29, 1.82) is 0 Å². The molecule has 2 aliphatic heterocycles. The number of allylic oxidation sites excluding steroid dienone is 3. The van der Waals surface area contributed by atoms with E-state index in [4.69, 9.17) is 42.2 Å². The summed E-state index contributed by atoms with van der Waals surface area (Å²) in [5.41, 5.74) is 0. The number of rotatable bonds is 61. The van der Waals surface area contributed by atoms with Crippen molar-refractivity contribution in [2.24, 2.45) is 0 Å². The first-order valence-corrected chi connectivity index (χ1v) is 40.7. The second-order valence-electron chi connectivity index (χ2n) is 28.2. The first-order chi connectivity index (χ1) is 48.3. The standard InChI is InChI=1S/C75H137O24P/c1-4-7-10-13-16-19-22-25-27-28-30-32-35-37-40-43-46-49-59(77)91-53-56(94-61(79)51-48-45-42-39-36-33-29-26-23-20-17-14-11-8-5-2)54-93-100(89,90)99-73-71(97-74-69(87)64(82)62(80)57(52-76)95-74)67(85)66(84)68(86)72(73)98-75-70(88)65(83)63(81)58(96-75)55-92-60(78)50-47-44-41-38-34-31-24-21-18-15-12-9-6-3/h42,45,48,51,56-58,62-76,80-88H,4-41,43-44,46-47,49-50,52-55H2,1-3H3,(H,89,90)/b45-42+,51-48+. The van der Waals surface area contributed by atoms with E-state index in [9.17, 15) is 74.9 Å². The molecule has 0 aromatic heterocycles. The lowest BCUT2D eigenvalue weighted by molar-refractivity contribution is -0.360. The lowest BCUT2D eigenvalue weighted by atomic mass is 9.84. The molecule has 2 saturated heterocycles. The number of unbranched alkanes of at least 4 members (excludes halogenated alkanes) is 39. The van der Waals surface area contributed by atoms with E-state index < -0.39 is 156 Å². The second-order valence-corrected chi connectivity index (χ2v) is 29.6. The summed E-state index contributed by atoms with van der Waals surface area (Å²) in [5.74, 6) is -2.23. The van der Waals surface area contributed by atoms with Crippen LogP contribution < -0.4 is 0 Å². The molecule has 0 aromatic carbocycles. The molecule has 3 fully saturated rings. The maximum atomic E-state index is 14.3. The number of hydrogen-bond acceptors (Lipinski definition) is 23. The topological polar surface area (TPSA) is 374 Å². The molecular weight excluding hydrogens is 1320 g/mol. The fourth-order valence-corrected chi connectivity index (χ4v) is 13.9. The molecule has 0 bridgehead atoms. The van der Waals surface area contributed by atoms with Crippen molar-refractivity contribution in [3.8, 4) is 0 Å². The molecule has 0 spiro atoms. The molecule has 0 aromatic rings. The highest BCUT2D eigenvalue weighted by Crippen LogP contribution is 2.49. The maximum absolute atomic E-state index is 14.3. The Hall–Kier alpha value is -2.56. The lowest BCUT2D eigenvalue weighted by Gasteiger charge is -2.49. The molecule has 18 unspecified atom stereocenters. The van der Waals surface area contributed by atoms with E-state index in [2.05, 4.69) is 20.8 Å². The summed E-state index contributed by atoms with van der Waals surface area (Å²) in [4.78, 5) is 50.9.